The maximum absolute atomic E-state index is 13.2. The Bertz CT molecular complexity index is 1130. The van der Waals surface area contributed by atoms with E-state index in [1.54, 1.807) is 18.2 Å². The normalized spacial score (nSPS) is 16.6. The fourth-order valence-corrected chi connectivity index (χ4v) is 4.11. The van der Waals surface area contributed by atoms with Crippen LogP contribution in [-0.2, 0) is 19.6 Å². The van der Waals surface area contributed by atoms with Gasteiger partial charge in [0.05, 0.1) is 4.90 Å². The summed E-state index contributed by atoms with van der Waals surface area (Å²) in [5.74, 6) is -3.35. The number of nitrogens with one attached hydrogen (secondary N) is 1. The van der Waals surface area contributed by atoms with Crippen LogP contribution >= 0.6 is 0 Å². The Balaban J connectivity index is 1.51. The van der Waals surface area contributed by atoms with Gasteiger partial charge in [0.2, 0.25) is 5.78 Å². The molecule has 30 heavy (non-hydrogen) atoms. The molecule has 158 valence electrons. The molecule has 10 heteroatoms. The summed E-state index contributed by atoms with van der Waals surface area (Å²) < 4.78 is 57.6. The van der Waals surface area contributed by atoms with Gasteiger partial charge in [0.1, 0.15) is 5.84 Å². The highest BCUT2D eigenvalue weighted by molar-refractivity contribution is 7.90. The van der Waals surface area contributed by atoms with E-state index in [2.05, 4.69) is 9.71 Å². The van der Waals surface area contributed by atoms with Gasteiger partial charge in [-0.1, -0.05) is 12.1 Å². The van der Waals surface area contributed by atoms with Crippen molar-refractivity contribution in [3.63, 3.8) is 0 Å². The van der Waals surface area contributed by atoms with Crippen molar-refractivity contribution in [1.82, 2.24) is 4.72 Å². The molecule has 3 rings (SSSR count). The highest BCUT2D eigenvalue weighted by Crippen LogP contribution is 2.22. The molecular weight excluding hydrogens is 418 g/mol. The third-order valence-corrected chi connectivity index (χ3v) is 5.75. The molecule has 0 spiro atoms. The molecule has 1 atom stereocenters. The van der Waals surface area contributed by atoms with E-state index >= 15 is 0 Å². The lowest BCUT2D eigenvalue weighted by molar-refractivity contribution is -0.146. The van der Waals surface area contributed by atoms with Crippen LogP contribution in [0, 0.1) is 11.6 Å². The van der Waals surface area contributed by atoms with Crippen LogP contribution in [0.25, 0.3) is 0 Å². The fraction of sp³-hybridized carbons (Fsp3) is 0.250. The molecule has 2 aromatic carbocycles. The van der Waals surface area contributed by atoms with Crippen molar-refractivity contribution < 1.29 is 31.5 Å². The largest absolute Gasteiger partial charge is 0.454 e. The Hall–Kier alpha value is -3.14. The number of nitrogens with zero attached hydrogens (tertiary/aromatic N) is 1. The molecule has 0 aliphatic carbocycles. The summed E-state index contributed by atoms with van der Waals surface area (Å²) in [5, 5.41) is 0. The average molecular weight is 436 g/mol. The van der Waals surface area contributed by atoms with E-state index in [4.69, 9.17) is 4.74 Å². The molecule has 0 saturated heterocycles. The van der Waals surface area contributed by atoms with E-state index in [1.807, 2.05) is 0 Å². The Kier molecular flexibility index (Phi) is 6.25. The number of Topliss-reactive ketones (excluding diaryl/α,β-unsaturated/α-hetero) is 1. The number of ketones is 1. The van der Waals surface area contributed by atoms with Gasteiger partial charge in [-0.25, -0.2) is 17.2 Å². The number of hydrogen-bond donors (Lipinski definition) is 1. The lowest BCUT2D eigenvalue weighted by Gasteiger charge is -2.12. The van der Waals surface area contributed by atoms with Crippen LogP contribution < -0.4 is 4.72 Å². The van der Waals surface area contributed by atoms with E-state index in [9.17, 15) is 26.8 Å². The van der Waals surface area contributed by atoms with Gasteiger partial charge >= 0.3 is 5.97 Å². The van der Waals surface area contributed by atoms with Crippen molar-refractivity contribution in [2.24, 2.45) is 4.99 Å². The first-order valence-corrected chi connectivity index (χ1v) is 10.5. The molecule has 0 radical (unpaired) electrons. The number of fused-ring (bicyclic) bond motifs is 1. The van der Waals surface area contributed by atoms with Crippen LogP contribution in [0.2, 0.25) is 0 Å². The van der Waals surface area contributed by atoms with E-state index in [0.717, 1.165) is 18.2 Å². The Morgan fingerprint density at radius 3 is 2.60 bits per heavy atom. The number of hydrogen-bond acceptors (Lipinski definition) is 6. The molecule has 1 heterocycles. The number of amidine groups is 1. The average Bonchev–Trinajstić information content (AvgIpc) is 2.97. The third-order valence-electron chi connectivity index (χ3n) is 4.35. The summed E-state index contributed by atoms with van der Waals surface area (Å²) in [5.41, 5.74) is 0.360. The van der Waals surface area contributed by atoms with Gasteiger partial charge < -0.3 is 4.74 Å². The van der Waals surface area contributed by atoms with Crippen LogP contribution in [0.5, 0.6) is 0 Å². The molecule has 1 aliphatic rings. The van der Waals surface area contributed by atoms with Gasteiger partial charge in [-0.05, 0) is 43.7 Å². The number of aliphatic imine (C=N–C) groups is 1. The highest BCUT2D eigenvalue weighted by atomic mass is 32.2. The molecule has 1 aliphatic heterocycles. The van der Waals surface area contributed by atoms with Crippen molar-refractivity contribution in [3.05, 3.63) is 65.2 Å². The van der Waals surface area contributed by atoms with Crippen molar-refractivity contribution in [2.75, 3.05) is 6.54 Å². The molecule has 0 saturated carbocycles. The summed E-state index contributed by atoms with van der Waals surface area (Å²) >= 11 is 0. The third kappa shape index (κ3) is 4.70. The van der Waals surface area contributed by atoms with Crippen molar-refractivity contribution in [2.45, 2.75) is 30.8 Å². The highest BCUT2D eigenvalue weighted by Gasteiger charge is 2.30. The minimum absolute atomic E-state index is 0.0550. The summed E-state index contributed by atoms with van der Waals surface area (Å²) in [4.78, 5) is 28.4. The number of benzene rings is 2. The molecule has 1 N–H and O–H groups in total. The quantitative estimate of drug-likeness (QED) is 0.408. The van der Waals surface area contributed by atoms with E-state index < -0.39 is 39.5 Å². The van der Waals surface area contributed by atoms with E-state index in [1.165, 1.54) is 13.0 Å². The van der Waals surface area contributed by atoms with Gasteiger partial charge in [0.25, 0.3) is 10.0 Å². The van der Waals surface area contributed by atoms with Gasteiger partial charge in [-0.2, -0.15) is 0 Å². The maximum Gasteiger partial charge on any atom is 0.306 e. The zero-order valence-corrected chi connectivity index (χ0v) is 16.7. The second kappa shape index (κ2) is 8.70. The zero-order chi connectivity index (χ0) is 21.9. The monoisotopic (exact) mass is 436 g/mol. The van der Waals surface area contributed by atoms with Crippen molar-refractivity contribution in [1.29, 1.82) is 0 Å². The minimum Gasteiger partial charge on any atom is -0.454 e. The molecule has 0 aromatic heterocycles. The van der Waals surface area contributed by atoms with Crippen LogP contribution in [0.15, 0.2) is 52.4 Å². The lowest BCUT2D eigenvalue weighted by atomic mass is 10.1. The van der Waals surface area contributed by atoms with E-state index in [-0.39, 0.29) is 35.7 Å². The first kappa shape index (κ1) is 21.6. The Morgan fingerprint density at radius 1 is 1.13 bits per heavy atom. The Labute approximate surface area is 171 Å². The minimum atomic E-state index is -3.63. The van der Waals surface area contributed by atoms with Gasteiger partial charge in [0.15, 0.2) is 17.7 Å². The first-order chi connectivity index (χ1) is 14.2. The second-order valence-corrected chi connectivity index (χ2v) is 8.21. The molecule has 0 unspecified atom stereocenters. The topological polar surface area (TPSA) is 102 Å². The number of halogens is 2. The molecule has 2 aromatic rings. The summed E-state index contributed by atoms with van der Waals surface area (Å²) in [7, 11) is -3.63. The number of sulfonamides is 1. The van der Waals surface area contributed by atoms with Crippen LogP contribution in [0.3, 0.4) is 0 Å². The number of ether oxygens (including phenoxy) is 1. The van der Waals surface area contributed by atoms with Crippen LogP contribution in [0.1, 0.15) is 35.7 Å². The predicted octanol–water partition coefficient (Wildman–Crippen LogP) is 2.60. The molecule has 7 nitrogen and oxygen atoms in total. The predicted molar refractivity (Wildman–Crippen MR) is 104 cm³/mol. The summed E-state index contributed by atoms with van der Waals surface area (Å²) in [6, 6.07) is 9.10. The summed E-state index contributed by atoms with van der Waals surface area (Å²) in [6.45, 7) is 1.50. The van der Waals surface area contributed by atoms with Crippen molar-refractivity contribution in [3.8, 4) is 0 Å². The molecule has 0 bridgehead atoms. The van der Waals surface area contributed by atoms with Crippen LogP contribution in [-0.4, -0.2) is 38.7 Å². The SMILES string of the molecule is C[C@H](OC(=O)CCCN=C1NS(=O)(=O)c2ccccc21)C(=O)c1ccc(F)c(F)c1. The second-order valence-electron chi connectivity index (χ2n) is 6.56. The van der Waals surface area contributed by atoms with Crippen LogP contribution in [0.4, 0.5) is 8.78 Å². The van der Waals surface area contributed by atoms with Gasteiger partial charge in [-0.3, -0.25) is 19.3 Å². The maximum atomic E-state index is 13.2. The molecular formula is C20H18F2N2O5S. The lowest BCUT2D eigenvalue weighted by Crippen LogP contribution is -2.24. The van der Waals surface area contributed by atoms with Gasteiger partial charge in [-0.15, -0.1) is 0 Å². The van der Waals surface area contributed by atoms with E-state index in [0.29, 0.717) is 5.56 Å². The molecule has 0 fully saturated rings. The number of carbonyl (C=O) groups is 2. The smallest absolute Gasteiger partial charge is 0.306 e. The first-order valence-electron chi connectivity index (χ1n) is 9.04. The molecule has 0 amide bonds. The number of esters is 1. The Morgan fingerprint density at radius 2 is 1.87 bits per heavy atom. The van der Waals surface area contributed by atoms with Gasteiger partial charge in [0, 0.05) is 24.1 Å². The number of carbonyl (C=O) groups excluding carboxylic acids is 2. The van der Waals surface area contributed by atoms with Crippen molar-refractivity contribution >= 4 is 27.6 Å². The summed E-state index contributed by atoms with van der Waals surface area (Å²) in [6.07, 6.45) is -0.957. The number of rotatable bonds is 7. The standard InChI is InChI=1S/C20H18F2N2O5S/c1-12(19(26)13-8-9-15(21)16(22)11-13)29-18(25)7-4-10-23-20-14-5-2-3-6-17(14)30(27,28)24-20/h2-3,5-6,8-9,11-12H,4,7,10H2,1H3,(H,23,24)/t12-/m0/s1. The zero-order valence-electron chi connectivity index (χ0n) is 15.9. The fourth-order valence-electron chi connectivity index (χ4n) is 2.86.